The molecule has 0 bridgehead atoms. The smallest absolute Gasteiger partial charge is 0.261 e. The highest BCUT2D eigenvalue weighted by Gasteiger charge is 2.19. The predicted molar refractivity (Wildman–Crippen MR) is 123 cm³/mol. The van der Waals surface area contributed by atoms with Crippen LogP contribution in [-0.2, 0) is 21.4 Å². The first kappa shape index (κ1) is 23.8. The SMILES string of the molecule is Cc1ccc(NS(=O)(=O)c2ccc(Cl)c(C(=O)NCCCOCc3ccco3)c2)cc1C. The van der Waals surface area contributed by atoms with E-state index in [0.717, 1.165) is 16.9 Å². The molecule has 0 spiro atoms. The summed E-state index contributed by atoms with van der Waals surface area (Å²) in [5, 5.41) is 2.90. The number of carbonyl (C=O) groups excluding carboxylic acids is 1. The summed E-state index contributed by atoms with van der Waals surface area (Å²) >= 11 is 6.15. The Bertz CT molecular complexity index is 1180. The van der Waals surface area contributed by atoms with Crippen molar-refractivity contribution in [2.45, 2.75) is 31.8 Å². The zero-order valence-electron chi connectivity index (χ0n) is 17.9. The van der Waals surface area contributed by atoms with Crippen molar-refractivity contribution in [2.24, 2.45) is 0 Å². The molecule has 170 valence electrons. The molecular formula is C23H25ClN2O5S. The molecule has 0 radical (unpaired) electrons. The Morgan fingerprint density at radius 2 is 1.91 bits per heavy atom. The van der Waals surface area contributed by atoms with Crippen LogP contribution in [0.15, 0.2) is 64.1 Å². The van der Waals surface area contributed by atoms with E-state index in [1.165, 1.54) is 18.2 Å². The Morgan fingerprint density at radius 1 is 1.09 bits per heavy atom. The Kier molecular flexibility index (Phi) is 7.95. The first-order valence-corrected chi connectivity index (χ1v) is 11.9. The number of rotatable bonds is 10. The average Bonchev–Trinajstić information content (AvgIpc) is 3.26. The molecule has 7 nitrogen and oxygen atoms in total. The minimum atomic E-state index is -3.89. The van der Waals surface area contributed by atoms with E-state index < -0.39 is 15.9 Å². The summed E-state index contributed by atoms with van der Waals surface area (Å²) in [6.07, 6.45) is 2.16. The van der Waals surface area contributed by atoms with Crippen LogP contribution in [0.2, 0.25) is 5.02 Å². The minimum absolute atomic E-state index is 0.0490. The minimum Gasteiger partial charge on any atom is -0.467 e. The maximum Gasteiger partial charge on any atom is 0.261 e. The second kappa shape index (κ2) is 10.7. The third kappa shape index (κ3) is 6.35. The first-order chi connectivity index (χ1) is 15.3. The molecule has 2 N–H and O–H groups in total. The van der Waals surface area contributed by atoms with Gasteiger partial charge in [0.15, 0.2) is 0 Å². The maximum atomic E-state index is 12.8. The molecule has 3 rings (SSSR count). The second-order valence-corrected chi connectivity index (χ2v) is 9.38. The number of amides is 1. The normalized spacial score (nSPS) is 11.3. The Balaban J connectivity index is 1.58. The Labute approximate surface area is 192 Å². The molecule has 0 unspecified atom stereocenters. The van der Waals surface area contributed by atoms with E-state index in [9.17, 15) is 13.2 Å². The molecule has 0 saturated carbocycles. The van der Waals surface area contributed by atoms with E-state index in [4.69, 9.17) is 20.8 Å². The van der Waals surface area contributed by atoms with Gasteiger partial charge in [-0.3, -0.25) is 9.52 Å². The molecule has 2 aromatic carbocycles. The number of halogens is 1. The van der Waals surface area contributed by atoms with Gasteiger partial charge in [-0.15, -0.1) is 0 Å². The molecule has 1 amide bonds. The summed E-state index contributed by atoms with van der Waals surface area (Å²) in [7, 11) is -3.89. The van der Waals surface area contributed by atoms with Gasteiger partial charge in [0.05, 0.1) is 21.7 Å². The fourth-order valence-electron chi connectivity index (χ4n) is 2.90. The Hall–Kier alpha value is -2.81. The van der Waals surface area contributed by atoms with Gasteiger partial charge in [0.25, 0.3) is 15.9 Å². The van der Waals surface area contributed by atoms with E-state index in [1.807, 2.05) is 26.0 Å². The van der Waals surface area contributed by atoms with Crippen molar-refractivity contribution >= 4 is 33.2 Å². The molecule has 0 aliphatic heterocycles. The van der Waals surface area contributed by atoms with Crippen LogP contribution in [0.4, 0.5) is 5.69 Å². The van der Waals surface area contributed by atoms with Gasteiger partial charge in [0.1, 0.15) is 12.4 Å². The number of nitrogens with one attached hydrogen (secondary N) is 2. The molecule has 1 heterocycles. The lowest BCUT2D eigenvalue weighted by Gasteiger charge is -2.12. The highest BCUT2D eigenvalue weighted by molar-refractivity contribution is 7.92. The summed E-state index contributed by atoms with van der Waals surface area (Å²) < 4.78 is 38.8. The van der Waals surface area contributed by atoms with Crippen LogP contribution < -0.4 is 10.0 Å². The molecule has 3 aromatic rings. The van der Waals surface area contributed by atoms with Crippen molar-refractivity contribution in [2.75, 3.05) is 17.9 Å². The van der Waals surface area contributed by atoms with Gasteiger partial charge in [-0.25, -0.2) is 8.42 Å². The van der Waals surface area contributed by atoms with Gasteiger partial charge in [0.2, 0.25) is 0 Å². The van der Waals surface area contributed by atoms with Crippen molar-refractivity contribution in [3.63, 3.8) is 0 Å². The number of aryl methyl sites for hydroxylation is 2. The monoisotopic (exact) mass is 476 g/mol. The van der Waals surface area contributed by atoms with Gasteiger partial charge in [-0.2, -0.15) is 0 Å². The largest absolute Gasteiger partial charge is 0.467 e. The van der Waals surface area contributed by atoms with E-state index in [0.29, 0.717) is 31.9 Å². The van der Waals surface area contributed by atoms with Crippen molar-refractivity contribution in [1.29, 1.82) is 0 Å². The predicted octanol–water partition coefficient (Wildman–Crippen LogP) is 4.69. The van der Waals surface area contributed by atoms with E-state index in [-0.39, 0.29) is 15.5 Å². The lowest BCUT2D eigenvalue weighted by Crippen LogP contribution is -2.26. The maximum absolute atomic E-state index is 12.8. The molecular weight excluding hydrogens is 452 g/mol. The summed E-state index contributed by atoms with van der Waals surface area (Å²) in [5.41, 5.74) is 2.56. The van der Waals surface area contributed by atoms with E-state index >= 15 is 0 Å². The van der Waals surface area contributed by atoms with Crippen LogP contribution in [0.5, 0.6) is 0 Å². The van der Waals surface area contributed by atoms with Gasteiger partial charge < -0.3 is 14.5 Å². The number of hydrogen-bond acceptors (Lipinski definition) is 5. The number of anilines is 1. The molecule has 0 saturated heterocycles. The fraction of sp³-hybridized carbons (Fsp3) is 0.261. The number of carbonyl (C=O) groups is 1. The zero-order valence-corrected chi connectivity index (χ0v) is 19.4. The zero-order chi connectivity index (χ0) is 23.1. The molecule has 0 fully saturated rings. The van der Waals surface area contributed by atoms with Crippen LogP contribution in [-0.4, -0.2) is 27.5 Å². The third-order valence-corrected chi connectivity index (χ3v) is 6.54. The number of furan rings is 1. The molecule has 0 aliphatic carbocycles. The number of benzene rings is 2. The first-order valence-electron chi connectivity index (χ1n) is 10.0. The average molecular weight is 477 g/mol. The highest BCUT2D eigenvalue weighted by Crippen LogP contribution is 2.23. The van der Waals surface area contributed by atoms with E-state index in [1.54, 1.807) is 24.5 Å². The topological polar surface area (TPSA) is 97.6 Å². The van der Waals surface area contributed by atoms with Gasteiger partial charge in [-0.1, -0.05) is 17.7 Å². The van der Waals surface area contributed by atoms with Crippen molar-refractivity contribution in [1.82, 2.24) is 5.32 Å². The van der Waals surface area contributed by atoms with Crippen LogP contribution in [0.3, 0.4) is 0 Å². The van der Waals surface area contributed by atoms with Crippen molar-refractivity contribution in [3.8, 4) is 0 Å². The standard InChI is InChI=1S/C23H25ClN2O5S/c1-16-6-7-18(13-17(16)2)26-32(28,29)20-8-9-22(24)21(14-20)23(27)25-10-4-11-30-15-19-5-3-12-31-19/h3,5-9,12-14,26H,4,10-11,15H2,1-2H3,(H,25,27). The molecule has 32 heavy (non-hydrogen) atoms. The van der Waals surface area contributed by atoms with Crippen LogP contribution in [0.1, 0.15) is 33.7 Å². The summed E-state index contributed by atoms with van der Waals surface area (Å²) in [4.78, 5) is 12.5. The summed E-state index contributed by atoms with van der Waals surface area (Å²) in [6, 6.07) is 12.9. The molecule has 1 aromatic heterocycles. The summed E-state index contributed by atoms with van der Waals surface area (Å²) in [5.74, 6) is 0.275. The Morgan fingerprint density at radius 3 is 2.62 bits per heavy atom. The van der Waals surface area contributed by atoms with Gasteiger partial charge in [0, 0.05) is 18.8 Å². The lowest BCUT2D eigenvalue weighted by atomic mass is 10.1. The van der Waals surface area contributed by atoms with Crippen molar-refractivity contribution < 1.29 is 22.4 Å². The highest BCUT2D eigenvalue weighted by atomic mass is 35.5. The lowest BCUT2D eigenvalue weighted by molar-refractivity contribution is 0.0917. The van der Waals surface area contributed by atoms with E-state index in [2.05, 4.69) is 10.0 Å². The number of sulfonamides is 1. The molecule has 0 atom stereocenters. The summed E-state index contributed by atoms with van der Waals surface area (Å²) in [6.45, 7) is 5.00. The van der Waals surface area contributed by atoms with Crippen molar-refractivity contribution in [3.05, 3.63) is 82.3 Å². The quantitative estimate of drug-likeness (QED) is 0.414. The molecule has 9 heteroatoms. The van der Waals surface area contributed by atoms with Crippen LogP contribution in [0, 0.1) is 13.8 Å². The van der Waals surface area contributed by atoms with Crippen LogP contribution in [0.25, 0.3) is 0 Å². The van der Waals surface area contributed by atoms with Crippen LogP contribution >= 0.6 is 11.6 Å². The number of hydrogen-bond donors (Lipinski definition) is 2. The van der Waals surface area contributed by atoms with Gasteiger partial charge in [-0.05, 0) is 73.9 Å². The number of ether oxygens (including phenoxy) is 1. The molecule has 0 aliphatic rings. The van der Waals surface area contributed by atoms with Gasteiger partial charge >= 0.3 is 0 Å². The second-order valence-electron chi connectivity index (χ2n) is 7.29. The fourth-order valence-corrected chi connectivity index (χ4v) is 4.18. The third-order valence-electron chi connectivity index (χ3n) is 4.83.